The number of hydrogen-bond acceptors (Lipinski definition) is 4. The molecule has 0 unspecified atom stereocenters. The Balaban J connectivity index is 1.67. The van der Waals surface area contributed by atoms with Crippen molar-refractivity contribution in [1.82, 2.24) is 9.80 Å². The predicted molar refractivity (Wildman–Crippen MR) is 118 cm³/mol. The summed E-state index contributed by atoms with van der Waals surface area (Å²) in [6, 6.07) is 12.0. The van der Waals surface area contributed by atoms with Gasteiger partial charge < -0.3 is 4.90 Å². The number of benzene rings is 2. The fourth-order valence-electron chi connectivity index (χ4n) is 5.88. The number of piperidine rings is 1. The quantitative estimate of drug-likeness (QED) is 0.589. The molecule has 0 aliphatic carbocycles. The highest BCUT2D eigenvalue weighted by molar-refractivity contribution is 6.20. The fraction of sp³-hybridized carbons (Fsp3) is 0.400. The lowest BCUT2D eigenvalue weighted by Gasteiger charge is -2.55. The van der Waals surface area contributed by atoms with Crippen LogP contribution in [0, 0.1) is 5.41 Å². The van der Waals surface area contributed by atoms with Crippen LogP contribution >= 0.6 is 0 Å². The molecule has 6 nitrogen and oxygen atoms in total. The molecule has 0 aromatic heterocycles. The molecule has 3 aliphatic rings. The van der Waals surface area contributed by atoms with Crippen LogP contribution in [0.25, 0.3) is 0 Å². The van der Waals surface area contributed by atoms with Gasteiger partial charge in [0.05, 0.1) is 11.6 Å². The molecule has 4 amide bonds. The Morgan fingerprint density at radius 1 is 0.941 bits per heavy atom. The van der Waals surface area contributed by atoms with E-state index in [0.29, 0.717) is 24.2 Å². The summed E-state index contributed by atoms with van der Waals surface area (Å²) in [7, 11) is 2.64. The van der Waals surface area contributed by atoms with Crippen LogP contribution in [-0.4, -0.2) is 54.3 Å². The highest BCUT2D eigenvalue weighted by Gasteiger charge is 2.64. The second-order valence-electron chi connectivity index (χ2n) is 9.34. The molecule has 5 rings (SSSR count). The first kappa shape index (κ1) is 22.4. The van der Waals surface area contributed by atoms with Gasteiger partial charge in [-0.05, 0) is 54.5 Å². The van der Waals surface area contributed by atoms with Crippen LogP contribution in [0.2, 0.25) is 0 Å². The molecule has 2 saturated heterocycles. The van der Waals surface area contributed by atoms with E-state index in [1.807, 2.05) is 35.2 Å². The topological polar surface area (TPSA) is 60.9 Å². The zero-order valence-electron chi connectivity index (χ0n) is 18.8. The maximum absolute atomic E-state index is 13.7. The monoisotopic (exact) mass is 471 g/mol. The van der Waals surface area contributed by atoms with E-state index in [4.69, 9.17) is 0 Å². The van der Waals surface area contributed by atoms with E-state index in [1.165, 1.54) is 20.2 Å². The third-order valence-corrected chi connectivity index (χ3v) is 7.57. The van der Waals surface area contributed by atoms with E-state index in [2.05, 4.69) is 0 Å². The minimum Gasteiger partial charge on any atom is -0.367 e. The maximum Gasteiger partial charge on any atom is 0.416 e. The van der Waals surface area contributed by atoms with Crippen molar-refractivity contribution >= 4 is 23.5 Å². The normalized spacial score (nSPS) is 24.4. The summed E-state index contributed by atoms with van der Waals surface area (Å²) >= 11 is 0. The van der Waals surface area contributed by atoms with Gasteiger partial charge in [-0.1, -0.05) is 30.3 Å². The summed E-state index contributed by atoms with van der Waals surface area (Å²) in [5.41, 5.74) is -0.515. The third-order valence-electron chi connectivity index (χ3n) is 7.57. The first-order valence-electron chi connectivity index (χ1n) is 11.2. The Labute approximate surface area is 194 Å². The molecule has 2 aromatic rings. The molecule has 0 radical (unpaired) electrons. The number of hydrogen-bond donors (Lipinski definition) is 0. The molecule has 2 atom stereocenters. The van der Waals surface area contributed by atoms with Crippen LogP contribution in [0.5, 0.6) is 0 Å². The van der Waals surface area contributed by atoms with Gasteiger partial charge in [-0.15, -0.1) is 0 Å². The number of alkyl halides is 3. The summed E-state index contributed by atoms with van der Waals surface area (Å²) < 4.78 is 40.5. The minimum atomic E-state index is -4.55. The largest absolute Gasteiger partial charge is 0.416 e. The molecular formula is C25H24F3N3O3. The van der Waals surface area contributed by atoms with E-state index in [9.17, 15) is 27.6 Å². The van der Waals surface area contributed by atoms with E-state index in [-0.39, 0.29) is 12.3 Å². The molecule has 3 heterocycles. The van der Waals surface area contributed by atoms with Crippen molar-refractivity contribution in [3.05, 3.63) is 65.2 Å². The molecule has 3 aliphatic heterocycles. The molecule has 0 bridgehead atoms. The van der Waals surface area contributed by atoms with Crippen molar-refractivity contribution in [3.8, 4) is 0 Å². The van der Waals surface area contributed by atoms with Crippen LogP contribution in [0.4, 0.5) is 23.7 Å². The minimum absolute atomic E-state index is 0.0733. The van der Waals surface area contributed by atoms with Crippen LogP contribution in [0.3, 0.4) is 0 Å². The van der Waals surface area contributed by atoms with Gasteiger partial charge in [0.1, 0.15) is 0 Å². The van der Waals surface area contributed by atoms with Gasteiger partial charge in [-0.2, -0.15) is 13.2 Å². The zero-order valence-corrected chi connectivity index (χ0v) is 18.8. The Bertz CT molecular complexity index is 1160. The first-order chi connectivity index (χ1) is 16.1. The maximum atomic E-state index is 13.7. The van der Waals surface area contributed by atoms with Gasteiger partial charge >= 0.3 is 12.2 Å². The number of fused-ring (bicyclic) bond motifs is 4. The Morgan fingerprint density at radius 2 is 1.59 bits per heavy atom. The molecular weight excluding hydrogens is 447 g/mol. The highest BCUT2D eigenvalue weighted by atomic mass is 19.4. The molecule has 9 heteroatoms. The van der Waals surface area contributed by atoms with Crippen LogP contribution in [0.15, 0.2) is 48.5 Å². The summed E-state index contributed by atoms with van der Waals surface area (Å²) in [4.78, 5) is 43.6. The molecule has 34 heavy (non-hydrogen) atoms. The average molecular weight is 471 g/mol. The van der Waals surface area contributed by atoms with Gasteiger partial charge in [0, 0.05) is 26.3 Å². The van der Waals surface area contributed by atoms with Crippen molar-refractivity contribution in [1.29, 1.82) is 0 Å². The lowest BCUT2D eigenvalue weighted by Crippen LogP contribution is -2.72. The van der Waals surface area contributed by atoms with Crippen molar-refractivity contribution in [2.24, 2.45) is 5.41 Å². The Hall–Kier alpha value is -3.36. The Morgan fingerprint density at radius 3 is 2.21 bits per heavy atom. The molecule has 0 N–H and O–H groups in total. The molecule has 0 saturated carbocycles. The van der Waals surface area contributed by atoms with Crippen LogP contribution in [0.1, 0.15) is 35.4 Å². The van der Waals surface area contributed by atoms with E-state index >= 15 is 0 Å². The molecule has 1 spiro atoms. The number of halogens is 3. The number of anilines is 1. The standard InChI is InChI=1S/C25H24F3N3O3/c1-29-21(32)24(22(33)30(2)23(29)34)14-17-12-18(25(26,27)28)8-9-19(17)31-11-10-16(13-20(24)31)15-6-4-3-5-7-15/h3-9,12,16,20H,10-11,13-14H2,1-2H3/t16-,20+/m1/s1. The lowest BCUT2D eigenvalue weighted by atomic mass is 9.63. The van der Waals surface area contributed by atoms with Crippen LogP contribution < -0.4 is 4.90 Å². The van der Waals surface area contributed by atoms with E-state index < -0.39 is 41.0 Å². The van der Waals surface area contributed by atoms with Crippen molar-refractivity contribution in [2.45, 2.75) is 37.4 Å². The third kappa shape index (κ3) is 3.13. The van der Waals surface area contributed by atoms with Crippen molar-refractivity contribution in [2.75, 3.05) is 25.5 Å². The number of carbonyl (C=O) groups excluding carboxylic acids is 3. The Kier molecular flexibility index (Phi) is 5.00. The summed E-state index contributed by atoms with van der Waals surface area (Å²) in [6.45, 7) is 0.478. The number of amides is 4. The van der Waals surface area contributed by atoms with Gasteiger partial charge in [0.2, 0.25) is 11.8 Å². The predicted octanol–water partition coefficient (Wildman–Crippen LogP) is 4.05. The summed E-state index contributed by atoms with van der Waals surface area (Å²) in [5, 5.41) is 0. The first-order valence-corrected chi connectivity index (χ1v) is 11.2. The number of nitrogens with zero attached hydrogens (tertiary/aromatic N) is 3. The van der Waals surface area contributed by atoms with Gasteiger partial charge in [0.25, 0.3) is 0 Å². The number of urea groups is 1. The van der Waals surface area contributed by atoms with Gasteiger partial charge in [0.15, 0.2) is 5.41 Å². The number of rotatable bonds is 1. The zero-order chi connectivity index (χ0) is 24.4. The molecule has 178 valence electrons. The fourth-order valence-corrected chi connectivity index (χ4v) is 5.88. The molecule has 2 fully saturated rings. The van der Waals surface area contributed by atoms with Crippen molar-refractivity contribution in [3.63, 3.8) is 0 Å². The number of carbonyl (C=O) groups is 3. The summed E-state index contributed by atoms with van der Waals surface area (Å²) in [5.74, 6) is -1.25. The molecule has 2 aromatic carbocycles. The van der Waals surface area contributed by atoms with Gasteiger partial charge in [-0.3, -0.25) is 19.4 Å². The van der Waals surface area contributed by atoms with Crippen molar-refractivity contribution < 1.29 is 27.6 Å². The second kappa shape index (κ2) is 7.58. The second-order valence-corrected chi connectivity index (χ2v) is 9.34. The number of barbiturate groups is 1. The smallest absolute Gasteiger partial charge is 0.367 e. The average Bonchev–Trinajstić information content (AvgIpc) is 2.84. The van der Waals surface area contributed by atoms with E-state index in [1.54, 1.807) is 0 Å². The van der Waals surface area contributed by atoms with E-state index in [0.717, 1.165) is 33.9 Å². The van der Waals surface area contributed by atoms with Gasteiger partial charge in [-0.25, -0.2) is 4.79 Å². The summed E-state index contributed by atoms with van der Waals surface area (Å²) in [6.07, 6.45) is -3.54. The SMILES string of the molecule is CN1C(=O)N(C)C(=O)C2(Cc3cc(C(F)(F)F)ccc3N3CC[C@@H](c4ccccc4)C[C@H]32)C1=O. The number of imide groups is 2. The van der Waals surface area contributed by atoms with Crippen LogP contribution in [-0.2, 0) is 22.2 Å². The highest BCUT2D eigenvalue weighted by Crippen LogP contribution is 2.51. The lowest BCUT2D eigenvalue weighted by molar-refractivity contribution is -0.159.